The highest BCUT2D eigenvalue weighted by Crippen LogP contribution is 2.51. The second-order valence-electron chi connectivity index (χ2n) is 7.13. The van der Waals surface area contributed by atoms with E-state index in [1.54, 1.807) is 14.2 Å². The lowest BCUT2D eigenvalue weighted by Crippen LogP contribution is -2.27. The molecule has 2 aromatic carbocycles. The van der Waals surface area contributed by atoms with Crippen LogP contribution in [-0.2, 0) is 4.79 Å². The van der Waals surface area contributed by atoms with Crippen molar-refractivity contribution in [2.45, 2.75) is 25.2 Å². The number of anilines is 1. The van der Waals surface area contributed by atoms with Crippen LogP contribution < -0.4 is 24.3 Å². The molecule has 28 heavy (non-hydrogen) atoms. The van der Waals surface area contributed by atoms with Crippen molar-refractivity contribution >= 4 is 11.5 Å². The van der Waals surface area contributed by atoms with Crippen LogP contribution in [0.25, 0.3) is 0 Å². The Balaban J connectivity index is 1.74. The molecule has 0 saturated heterocycles. The van der Waals surface area contributed by atoms with Crippen LogP contribution in [0, 0.1) is 0 Å². The van der Waals surface area contributed by atoms with Crippen LogP contribution in [0.2, 0.25) is 0 Å². The number of methoxy groups -OCH3 is 2. The summed E-state index contributed by atoms with van der Waals surface area (Å²) in [6.07, 6.45) is 2.27. The van der Waals surface area contributed by atoms with Crippen LogP contribution in [0.4, 0.5) is 5.69 Å². The first kappa shape index (κ1) is 17.0. The van der Waals surface area contributed by atoms with Crippen molar-refractivity contribution < 1.29 is 23.7 Å². The SMILES string of the molecule is COc1ccc(C2C3=C(CCCC3=O)Nc3cc4c(cc32)OCO4)c(OC)c1. The Morgan fingerprint density at radius 2 is 1.82 bits per heavy atom. The molecular formula is C22H21NO5. The maximum Gasteiger partial charge on any atom is 0.231 e. The van der Waals surface area contributed by atoms with Crippen LogP contribution >= 0.6 is 0 Å². The fraction of sp³-hybridized carbons (Fsp3) is 0.318. The number of rotatable bonds is 3. The van der Waals surface area contributed by atoms with E-state index in [4.69, 9.17) is 18.9 Å². The predicted octanol–water partition coefficient (Wildman–Crippen LogP) is 4.00. The second kappa shape index (κ2) is 6.48. The van der Waals surface area contributed by atoms with Gasteiger partial charge in [0.25, 0.3) is 0 Å². The van der Waals surface area contributed by atoms with E-state index in [9.17, 15) is 4.79 Å². The highest BCUT2D eigenvalue weighted by atomic mass is 16.7. The molecule has 6 heteroatoms. The van der Waals surface area contributed by atoms with Crippen molar-refractivity contribution in [3.8, 4) is 23.0 Å². The van der Waals surface area contributed by atoms with Gasteiger partial charge >= 0.3 is 0 Å². The van der Waals surface area contributed by atoms with Crippen LogP contribution in [-0.4, -0.2) is 26.8 Å². The lowest BCUT2D eigenvalue weighted by molar-refractivity contribution is -0.116. The third kappa shape index (κ3) is 2.52. The Hall–Kier alpha value is -3.15. The first-order valence-corrected chi connectivity index (χ1v) is 9.38. The van der Waals surface area contributed by atoms with Gasteiger partial charge in [-0.3, -0.25) is 4.79 Å². The van der Waals surface area contributed by atoms with Gasteiger partial charge in [-0.1, -0.05) is 6.07 Å². The number of ketones is 1. The molecule has 1 atom stereocenters. The van der Waals surface area contributed by atoms with Crippen molar-refractivity contribution in [3.63, 3.8) is 0 Å². The minimum absolute atomic E-state index is 0.180. The summed E-state index contributed by atoms with van der Waals surface area (Å²) in [7, 11) is 3.26. The van der Waals surface area contributed by atoms with E-state index in [0.29, 0.717) is 23.7 Å². The number of benzene rings is 2. The van der Waals surface area contributed by atoms with Gasteiger partial charge < -0.3 is 24.3 Å². The zero-order valence-electron chi connectivity index (χ0n) is 15.8. The Kier molecular flexibility index (Phi) is 3.93. The topological polar surface area (TPSA) is 66.0 Å². The Morgan fingerprint density at radius 1 is 1.00 bits per heavy atom. The van der Waals surface area contributed by atoms with Gasteiger partial charge in [-0.2, -0.15) is 0 Å². The number of fused-ring (bicyclic) bond motifs is 2. The number of ether oxygens (including phenoxy) is 4. The zero-order valence-corrected chi connectivity index (χ0v) is 15.8. The molecule has 2 heterocycles. The van der Waals surface area contributed by atoms with E-state index in [0.717, 1.165) is 46.7 Å². The maximum atomic E-state index is 13.0. The van der Waals surface area contributed by atoms with Gasteiger partial charge in [-0.15, -0.1) is 0 Å². The van der Waals surface area contributed by atoms with Crippen LogP contribution in [0.3, 0.4) is 0 Å². The standard InChI is InChI=1S/C22H21NO5/c1-25-12-6-7-13(18(8-12)26-2)21-14-9-19-20(28-11-27-19)10-16(14)23-15-4-3-5-17(24)22(15)21/h6-10,21,23H,3-5,11H2,1-2H3. The third-order valence-corrected chi connectivity index (χ3v) is 5.64. The summed E-state index contributed by atoms with van der Waals surface area (Å²) in [6.45, 7) is 0.209. The maximum absolute atomic E-state index is 13.0. The molecule has 0 saturated carbocycles. The van der Waals surface area contributed by atoms with E-state index < -0.39 is 0 Å². The summed E-state index contributed by atoms with van der Waals surface area (Å²) in [6, 6.07) is 9.68. The molecule has 0 amide bonds. The van der Waals surface area contributed by atoms with Crippen molar-refractivity contribution in [3.05, 3.63) is 52.7 Å². The summed E-state index contributed by atoms with van der Waals surface area (Å²) >= 11 is 0. The van der Waals surface area contributed by atoms with Gasteiger partial charge in [0.1, 0.15) is 11.5 Å². The lowest BCUT2D eigenvalue weighted by atomic mass is 9.75. The van der Waals surface area contributed by atoms with Crippen molar-refractivity contribution in [1.82, 2.24) is 0 Å². The lowest BCUT2D eigenvalue weighted by Gasteiger charge is -2.34. The summed E-state index contributed by atoms with van der Waals surface area (Å²) in [5.74, 6) is 2.78. The first-order valence-electron chi connectivity index (χ1n) is 9.38. The van der Waals surface area contributed by atoms with Gasteiger partial charge in [0, 0.05) is 47.0 Å². The molecule has 0 radical (unpaired) electrons. The smallest absolute Gasteiger partial charge is 0.231 e. The number of hydrogen-bond donors (Lipinski definition) is 1. The molecule has 0 spiro atoms. The second-order valence-corrected chi connectivity index (χ2v) is 7.13. The monoisotopic (exact) mass is 379 g/mol. The molecule has 2 aliphatic heterocycles. The molecule has 1 unspecified atom stereocenters. The highest BCUT2D eigenvalue weighted by Gasteiger charge is 2.37. The minimum atomic E-state index is -0.227. The normalized spacial score (nSPS) is 19.6. The molecule has 2 aromatic rings. The molecule has 0 fully saturated rings. The van der Waals surface area contributed by atoms with Gasteiger partial charge in [0.2, 0.25) is 6.79 Å². The molecule has 6 nitrogen and oxygen atoms in total. The third-order valence-electron chi connectivity index (χ3n) is 5.64. The van der Waals surface area contributed by atoms with E-state index in [1.807, 2.05) is 30.3 Å². The molecule has 0 aromatic heterocycles. The Bertz CT molecular complexity index is 1010. The van der Waals surface area contributed by atoms with Crippen molar-refractivity contribution in [2.24, 2.45) is 0 Å². The zero-order chi connectivity index (χ0) is 19.3. The fourth-order valence-electron chi connectivity index (χ4n) is 4.33. The van der Waals surface area contributed by atoms with E-state index in [2.05, 4.69) is 5.32 Å². The fourth-order valence-corrected chi connectivity index (χ4v) is 4.33. The molecular weight excluding hydrogens is 358 g/mol. The average molecular weight is 379 g/mol. The number of Topliss-reactive ketones (excluding diaryl/α,β-unsaturated/α-hetero) is 1. The van der Waals surface area contributed by atoms with Gasteiger partial charge in [0.05, 0.1) is 14.2 Å². The Morgan fingerprint density at radius 3 is 2.61 bits per heavy atom. The molecule has 144 valence electrons. The number of allylic oxidation sites excluding steroid dienone is 2. The van der Waals surface area contributed by atoms with E-state index in [1.165, 1.54) is 0 Å². The molecule has 1 aliphatic carbocycles. The van der Waals surface area contributed by atoms with Crippen LogP contribution in [0.15, 0.2) is 41.6 Å². The van der Waals surface area contributed by atoms with Gasteiger partial charge in [-0.05, 0) is 30.5 Å². The summed E-state index contributed by atoms with van der Waals surface area (Å²) in [5, 5.41) is 3.48. The van der Waals surface area contributed by atoms with Gasteiger partial charge in [0.15, 0.2) is 17.3 Å². The van der Waals surface area contributed by atoms with E-state index in [-0.39, 0.29) is 18.5 Å². The van der Waals surface area contributed by atoms with Crippen LogP contribution in [0.1, 0.15) is 36.3 Å². The molecule has 3 aliphatic rings. The van der Waals surface area contributed by atoms with Gasteiger partial charge in [-0.25, -0.2) is 0 Å². The quantitative estimate of drug-likeness (QED) is 0.870. The first-order chi connectivity index (χ1) is 13.7. The number of nitrogens with one attached hydrogen (secondary N) is 1. The molecule has 1 N–H and O–H groups in total. The molecule has 0 bridgehead atoms. The summed E-state index contributed by atoms with van der Waals surface area (Å²) in [5.41, 5.74) is 4.68. The average Bonchev–Trinajstić information content (AvgIpc) is 3.17. The largest absolute Gasteiger partial charge is 0.497 e. The van der Waals surface area contributed by atoms with E-state index >= 15 is 0 Å². The minimum Gasteiger partial charge on any atom is -0.497 e. The van der Waals surface area contributed by atoms with Crippen molar-refractivity contribution in [2.75, 3.05) is 26.3 Å². The van der Waals surface area contributed by atoms with Crippen molar-refractivity contribution in [1.29, 1.82) is 0 Å². The predicted molar refractivity (Wildman–Crippen MR) is 103 cm³/mol. The highest BCUT2D eigenvalue weighted by molar-refractivity contribution is 6.01. The number of hydrogen-bond acceptors (Lipinski definition) is 6. The Labute approximate surface area is 163 Å². The van der Waals surface area contributed by atoms with Crippen LogP contribution in [0.5, 0.6) is 23.0 Å². The summed E-state index contributed by atoms with van der Waals surface area (Å²) in [4.78, 5) is 13.0. The number of carbonyl (C=O) groups is 1. The summed E-state index contributed by atoms with van der Waals surface area (Å²) < 4.78 is 22.2. The number of carbonyl (C=O) groups excluding carboxylic acids is 1. The molecule has 5 rings (SSSR count).